The van der Waals surface area contributed by atoms with Crippen molar-refractivity contribution in [3.63, 3.8) is 0 Å². The Morgan fingerprint density at radius 2 is 1.68 bits per heavy atom. The Balaban J connectivity index is 2.28. The number of aliphatic hydroxyl groups is 1. The molecule has 3 N–H and O–H groups in total. The smallest absolute Gasteiger partial charge is 0.303 e. The Morgan fingerprint density at radius 3 is 2.18 bits per heavy atom. The maximum atomic E-state index is 11.8. The Bertz CT molecular complexity index is 486. The molecule has 0 saturated carbocycles. The molecule has 0 unspecified atom stereocenters. The molecule has 1 saturated heterocycles. The van der Waals surface area contributed by atoms with Crippen molar-refractivity contribution in [3.8, 4) is 0 Å². The summed E-state index contributed by atoms with van der Waals surface area (Å²) >= 11 is 0. The van der Waals surface area contributed by atoms with Crippen LogP contribution in [0.2, 0.25) is 0 Å². The van der Waals surface area contributed by atoms with Gasteiger partial charge in [0.05, 0.1) is 6.10 Å². The van der Waals surface area contributed by atoms with Gasteiger partial charge in [-0.05, 0) is 6.42 Å². The topological polar surface area (TPSA) is 135 Å². The summed E-state index contributed by atoms with van der Waals surface area (Å²) in [7, 11) is -4.20. The van der Waals surface area contributed by atoms with E-state index >= 15 is 0 Å². The number of carbonyl (C=O) groups excluding carboxylic acids is 1. The highest BCUT2D eigenvalue weighted by atomic mass is 32.2. The SMILES string of the molecule is O=C(O)CCCC(=O)N1CCN(C[C@@H](O)CS(=O)(=O)O)CC1. The van der Waals surface area contributed by atoms with Crippen LogP contribution in [0.5, 0.6) is 0 Å². The lowest BCUT2D eigenvalue weighted by molar-refractivity contribution is -0.137. The van der Waals surface area contributed by atoms with Crippen LogP contribution in [-0.4, -0.2) is 89.4 Å². The maximum Gasteiger partial charge on any atom is 0.303 e. The monoisotopic (exact) mass is 338 g/mol. The molecular formula is C12H22N2O7S. The number of carbonyl (C=O) groups is 2. The predicted molar refractivity (Wildman–Crippen MR) is 76.9 cm³/mol. The van der Waals surface area contributed by atoms with Gasteiger partial charge in [-0.2, -0.15) is 8.42 Å². The zero-order chi connectivity index (χ0) is 16.8. The molecule has 1 rings (SSSR count). The summed E-state index contributed by atoms with van der Waals surface area (Å²) in [4.78, 5) is 25.7. The lowest BCUT2D eigenvalue weighted by atomic mass is 10.2. The van der Waals surface area contributed by atoms with E-state index < -0.39 is 27.9 Å². The third-order valence-corrected chi connectivity index (χ3v) is 4.18. The van der Waals surface area contributed by atoms with Crippen LogP contribution >= 0.6 is 0 Å². The van der Waals surface area contributed by atoms with Crippen molar-refractivity contribution >= 4 is 22.0 Å². The number of rotatable bonds is 8. The molecule has 10 heteroatoms. The lowest BCUT2D eigenvalue weighted by Crippen LogP contribution is -2.51. The first-order valence-corrected chi connectivity index (χ1v) is 8.63. The zero-order valence-corrected chi connectivity index (χ0v) is 13.0. The molecule has 0 aromatic carbocycles. The average molecular weight is 338 g/mol. The molecule has 22 heavy (non-hydrogen) atoms. The van der Waals surface area contributed by atoms with E-state index in [1.54, 1.807) is 4.90 Å². The van der Waals surface area contributed by atoms with Gasteiger partial charge >= 0.3 is 5.97 Å². The molecule has 0 bridgehead atoms. The average Bonchev–Trinajstić information content (AvgIpc) is 2.36. The largest absolute Gasteiger partial charge is 0.481 e. The molecule has 0 aromatic rings. The second-order valence-corrected chi connectivity index (χ2v) is 6.83. The third-order valence-electron chi connectivity index (χ3n) is 3.38. The van der Waals surface area contributed by atoms with E-state index in [2.05, 4.69) is 0 Å². The number of hydrogen-bond donors (Lipinski definition) is 3. The summed E-state index contributed by atoms with van der Waals surface area (Å²) < 4.78 is 30.0. The fourth-order valence-electron chi connectivity index (χ4n) is 2.32. The van der Waals surface area contributed by atoms with Gasteiger partial charge in [-0.1, -0.05) is 0 Å². The molecule has 1 amide bonds. The summed E-state index contributed by atoms with van der Waals surface area (Å²) in [6, 6.07) is 0. The number of β-amino-alcohol motifs (C(OH)–C–C–N with tert-alkyl or cyclic N) is 1. The predicted octanol–water partition coefficient (Wildman–Crippen LogP) is -1.37. The van der Waals surface area contributed by atoms with E-state index in [0.29, 0.717) is 32.6 Å². The molecule has 0 radical (unpaired) electrons. The van der Waals surface area contributed by atoms with Crippen molar-refractivity contribution in [2.75, 3.05) is 38.5 Å². The van der Waals surface area contributed by atoms with Crippen molar-refractivity contribution < 1.29 is 32.8 Å². The van der Waals surface area contributed by atoms with Gasteiger partial charge in [-0.15, -0.1) is 0 Å². The minimum Gasteiger partial charge on any atom is -0.481 e. The molecule has 128 valence electrons. The first-order valence-electron chi connectivity index (χ1n) is 7.02. The number of piperazine rings is 1. The number of hydrogen-bond acceptors (Lipinski definition) is 6. The summed E-state index contributed by atoms with van der Waals surface area (Å²) in [5, 5.41) is 18.1. The van der Waals surface area contributed by atoms with Crippen LogP contribution in [0.3, 0.4) is 0 Å². The highest BCUT2D eigenvalue weighted by Crippen LogP contribution is 2.07. The van der Waals surface area contributed by atoms with Gasteiger partial charge in [-0.3, -0.25) is 19.0 Å². The van der Waals surface area contributed by atoms with Crippen LogP contribution in [0.1, 0.15) is 19.3 Å². The highest BCUT2D eigenvalue weighted by molar-refractivity contribution is 7.85. The Kier molecular flexibility index (Phi) is 7.20. The number of nitrogens with zero attached hydrogens (tertiary/aromatic N) is 2. The molecule has 0 aliphatic carbocycles. The van der Waals surface area contributed by atoms with Crippen molar-refractivity contribution in [1.29, 1.82) is 0 Å². The Labute approximate surface area is 129 Å². The summed E-state index contributed by atoms with van der Waals surface area (Å²) in [6.07, 6.45) is -0.708. The number of aliphatic carboxylic acids is 1. The number of amides is 1. The first kappa shape index (κ1) is 18.8. The second kappa shape index (κ2) is 8.42. The van der Waals surface area contributed by atoms with Gasteiger partial charge in [0.15, 0.2) is 0 Å². The molecule has 1 aliphatic heterocycles. The third kappa shape index (κ3) is 7.69. The van der Waals surface area contributed by atoms with Gasteiger partial charge in [0.25, 0.3) is 10.1 Å². The standard InChI is InChI=1S/C12H22N2O7S/c15-10(9-22(19,20)21)8-13-4-6-14(7-5-13)11(16)2-1-3-12(17)18/h10,15H,1-9H2,(H,17,18)(H,19,20,21)/t10-/m1/s1. The molecule has 0 aromatic heterocycles. The molecule has 1 aliphatic rings. The van der Waals surface area contributed by atoms with Crippen LogP contribution in [0.15, 0.2) is 0 Å². The Morgan fingerprint density at radius 1 is 1.09 bits per heavy atom. The molecule has 1 fully saturated rings. The van der Waals surface area contributed by atoms with E-state index in [1.807, 2.05) is 4.90 Å². The first-order chi connectivity index (χ1) is 10.2. The van der Waals surface area contributed by atoms with Crippen LogP contribution in [0, 0.1) is 0 Å². The second-order valence-electron chi connectivity index (χ2n) is 5.33. The van der Waals surface area contributed by atoms with Gasteiger partial charge < -0.3 is 15.1 Å². The maximum absolute atomic E-state index is 11.8. The van der Waals surface area contributed by atoms with Gasteiger partial charge in [-0.25, -0.2) is 0 Å². The minimum atomic E-state index is -4.20. The van der Waals surface area contributed by atoms with Crippen LogP contribution in [0.4, 0.5) is 0 Å². The number of carboxylic acids is 1. The molecular weight excluding hydrogens is 316 g/mol. The van der Waals surface area contributed by atoms with Crippen molar-refractivity contribution in [2.24, 2.45) is 0 Å². The van der Waals surface area contributed by atoms with Crippen LogP contribution in [0.25, 0.3) is 0 Å². The summed E-state index contributed by atoms with van der Waals surface area (Å²) in [5.41, 5.74) is 0. The summed E-state index contributed by atoms with van der Waals surface area (Å²) in [5.74, 6) is -1.73. The van der Waals surface area contributed by atoms with Crippen LogP contribution < -0.4 is 0 Å². The normalized spacial score (nSPS) is 18.2. The van der Waals surface area contributed by atoms with E-state index in [1.165, 1.54) is 0 Å². The quantitative estimate of drug-likeness (QED) is 0.462. The zero-order valence-electron chi connectivity index (χ0n) is 12.2. The summed E-state index contributed by atoms with van der Waals surface area (Å²) in [6.45, 7) is 2.00. The van der Waals surface area contributed by atoms with Crippen molar-refractivity contribution in [1.82, 2.24) is 9.80 Å². The number of carboxylic acid groups (broad SMARTS) is 1. The van der Waals surface area contributed by atoms with E-state index in [9.17, 15) is 23.1 Å². The van der Waals surface area contributed by atoms with E-state index in [-0.39, 0.29) is 25.3 Å². The lowest BCUT2D eigenvalue weighted by Gasteiger charge is -2.35. The minimum absolute atomic E-state index is 0.0342. The van der Waals surface area contributed by atoms with E-state index in [0.717, 1.165) is 0 Å². The number of aliphatic hydroxyl groups excluding tert-OH is 1. The fraction of sp³-hybridized carbons (Fsp3) is 0.833. The van der Waals surface area contributed by atoms with Gasteiger partial charge in [0, 0.05) is 45.6 Å². The molecule has 1 atom stereocenters. The highest BCUT2D eigenvalue weighted by Gasteiger charge is 2.23. The van der Waals surface area contributed by atoms with Gasteiger partial charge in [0.2, 0.25) is 5.91 Å². The molecule has 9 nitrogen and oxygen atoms in total. The van der Waals surface area contributed by atoms with Crippen molar-refractivity contribution in [3.05, 3.63) is 0 Å². The Hall–Kier alpha value is -1.23. The van der Waals surface area contributed by atoms with Gasteiger partial charge in [0.1, 0.15) is 5.75 Å². The van der Waals surface area contributed by atoms with E-state index in [4.69, 9.17) is 9.66 Å². The van der Waals surface area contributed by atoms with Crippen LogP contribution in [-0.2, 0) is 19.7 Å². The molecule has 1 heterocycles. The van der Waals surface area contributed by atoms with Crippen molar-refractivity contribution in [2.45, 2.75) is 25.4 Å². The molecule has 0 spiro atoms. The fourth-order valence-corrected chi connectivity index (χ4v) is 2.91.